The molecule has 2 aromatic rings. The SMILES string of the molecule is COc1ccc(N(CC(=O)N/N=C(/C)c2ccc(C)cc2)S(C)(=O)=O)cc1Cl. The Morgan fingerprint density at radius 2 is 1.86 bits per heavy atom. The van der Waals surface area contributed by atoms with Gasteiger partial charge >= 0.3 is 0 Å². The molecule has 0 saturated heterocycles. The molecule has 2 rings (SSSR count). The van der Waals surface area contributed by atoms with E-state index < -0.39 is 22.5 Å². The fraction of sp³-hybridized carbons (Fsp3) is 0.263. The number of carbonyl (C=O) groups excluding carboxylic acids is 1. The molecule has 150 valence electrons. The molecule has 9 heteroatoms. The third kappa shape index (κ3) is 5.71. The highest BCUT2D eigenvalue weighted by Crippen LogP contribution is 2.30. The number of methoxy groups -OCH3 is 1. The first kappa shape index (κ1) is 21.7. The number of aryl methyl sites for hydroxylation is 1. The second kappa shape index (κ2) is 9.07. The van der Waals surface area contributed by atoms with Crippen molar-refractivity contribution in [3.63, 3.8) is 0 Å². The molecule has 0 aromatic heterocycles. The number of hydrogen-bond acceptors (Lipinski definition) is 5. The number of amides is 1. The number of benzene rings is 2. The average Bonchev–Trinajstić information content (AvgIpc) is 2.63. The van der Waals surface area contributed by atoms with Crippen molar-refractivity contribution >= 4 is 38.9 Å². The summed E-state index contributed by atoms with van der Waals surface area (Å²) in [6, 6.07) is 12.1. The van der Waals surface area contributed by atoms with Crippen molar-refractivity contribution in [2.75, 3.05) is 24.2 Å². The zero-order valence-corrected chi connectivity index (χ0v) is 17.6. The number of nitrogens with one attached hydrogen (secondary N) is 1. The zero-order chi connectivity index (χ0) is 20.9. The number of sulfonamides is 1. The van der Waals surface area contributed by atoms with Gasteiger partial charge in [0.25, 0.3) is 5.91 Å². The highest BCUT2D eigenvalue weighted by atomic mass is 35.5. The monoisotopic (exact) mass is 423 g/mol. The molecule has 28 heavy (non-hydrogen) atoms. The lowest BCUT2D eigenvalue weighted by Gasteiger charge is -2.22. The maximum absolute atomic E-state index is 12.3. The number of anilines is 1. The Hall–Kier alpha value is -2.58. The average molecular weight is 424 g/mol. The number of nitrogens with zero attached hydrogens (tertiary/aromatic N) is 2. The Morgan fingerprint density at radius 3 is 2.39 bits per heavy atom. The molecule has 1 N–H and O–H groups in total. The molecule has 0 fully saturated rings. The number of hydrazone groups is 1. The molecule has 0 radical (unpaired) electrons. The molecule has 0 unspecified atom stereocenters. The van der Waals surface area contributed by atoms with Gasteiger partial charge in [0, 0.05) is 0 Å². The molecule has 0 aliphatic heterocycles. The minimum atomic E-state index is -3.72. The van der Waals surface area contributed by atoms with Gasteiger partial charge in [-0.3, -0.25) is 9.10 Å². The van der Waals surface area contributed by atoms with E-state index in [2.05, 4.69) is 10.5 Å². The normalized spacial score (nSPS) is 11.8. The fourth-order valence-corrected chi connectivity index (χ4v) is 3.48. The van der Waals surface area contributed by atoms with Gasteiger partial charge in [-0.15, -0.1) is 0 Å². The van der Waals surface area contributed by atoms with Gasteiger partial charge in [0.2, 0.25) is 10.0 Å². The van der Waals surface area contributed by atoms with Crippen molar-refractivity contribution in [1.82, 2.24) is 5.43 Å². The third-order valence-electron chi connectivity index (χ3n) is 3.93. The second-order valence-electron chi connectivity index (χ2n) is 6.19. The number of halogens is 1. The van der Waals surface area contributed by atoms with E-state index in [9.17, 15) is 13.2 Å². The van der Waals surface area contributed by atoms with Gasteiger partial charge in [0.15, 0.2) is 0 Å². The van der Waals surface area contributed by atoms with Crippen LogP contribution in [0.25, 0.3) is 0 Å². The van der Waals surface area contributed by atoms with E-state index in [4.69, 9.17) is 16.3 Å². The van der Waals surface area contributed by atoms with Crippen LogP contribution in [0.4, 0.5) is 5.69 Å². The van der Waals surface area contributed by atoms with E-state index >= 15 is 0 Å². The van der Waals surface area contributed by atoms with Crippen LogP contribution in [0.3, 0.4) is 0 Å². The minimum Gasteiger partial charge on any atom is -0.495 e. The molecule has 0 aliphatic rings. The van der Waals surface area contributed by atoms with Crippen molar-refractivity contribution in [2.24, 2.45) is 5.10 Å². The molecule has 0 spiro atoms. The van der Waals surface area contributed by atoms with Crippen LogP contribution in [0.15, 0.2) is 47.6 Å². The maximum Gasteiger partial charge on any atom is 0.260 e. The van der Waals surface area contributed by atoms with Gasteiger partial charge in [0.05, 0.1) is 29.8 Å². The molecule has 0 saturated carbocycles. The van der Waals surface area contributed by atoms with Gasteiger partial charge in [-0.25, -0.2) is 13.8 Å². The van der Waals surface area contributed by atoms with Crippen LogP contribution in [-0.2, 0) is 14.8 Å². The maximum atomic E-state index is 12.3. The predicted octanol–water partition coefficient (Wildman–Crippen LogP) is 2.96. The highest BCUT2D eigenvalue weighted by molar-refractivity contribution is 7.92. The largest absolute Gasteiger partial charge is 0.495 e. The molecular weight excluding hydrogens is 402 g/mol. The molecule has 2 aromatic carbocycles. The first-order valence-corrected chi connectivity index (χ1v) is 10.6. The molecule has 1 amide bonds. The molecule has 0 aliphatic carbocycles. The number of rotatable bonds is 7. The van der Waals surface area contributed by atoms with E-state index in [-0.39, 0.29) is 10.7 Å². The summed E-state index contributed by atoms with van der Waals surface area (Å²) in [7, 11) is -2.26. The Bertz CT molecular complexity index is 989. The molecule has 0 bridgehead atoms. The number of hydrogen-bond donors (Lipinski definition) is 1. The smallest absolute Gasteiger partial charge is 0.260 e. The summed E-state index contributed by atoms with van der Waals surface area (Å²) in [5, 5.41) is 4.29. The fourth-order valence-electron chi connectivity index (χ4n) is 2.38. The van der Waals surface area contributed by atoms with Crippen molar-refractivity contribution < 1.29 is 17.9 Å². The van der Waals surface area contributed by atoms with Crippen molar-refractivity contribution in [2.45, 2.75) is 13.8 Å². The summed E-state index contributed by atoms with van der Waals surface area (Å²) in [6.45, 7) is 3.29. The van der Waals surface area contributed by atoms with Crippen molar-refractivity contribution in [3.05, 3.63) is 58.6 Å². The van der Waals surface area contributed by atoms with E-state index in [1.165, 1.54) is 25.3 Å². The number of carbonyl (C=O) groups is 1. The van der Waals surface area contributed by atoms with Gasteiger partial charge in [-0.1, -0.05) is 41.4 Å². The Morgan fingerprint density at radius 1 is 1.21 bits per heavy atom. The predicted molar refractivity (Wildman–Crippen MR) is 112 cm³/mol. The van der Waals surface area contributed by atoms with E-state index in [0.29, 0.717) is 11.5 Å². The second-order valence-corrected chi connectivity index (χ2v) is 8.50. The van der Waals surface area contributed by atoms with Crippen LogP contribution in [0.2, 0.25) is 5.02 Å². The molecule has 0 atom stereocenters. The van der Waals surface area contributed by atoms with Crippen LogP contribution >= 0.6 is 11.6 Å². The van der Waals surface area contributed by atoms with Crippen LogP contribution in [-0.4, -0.2) is 39.9 Å². The summed E-state index contributed by atoms with van der Waals surface area (Å²) in [6.07, 6.45) is 1.01. The third-order valence-corrected chi connectivity index (χ3v) is 5.36. The zero-order valence-electron chi connectivity index (χ0n) is 16.1. The molecule has 7 nitrogen and oxygen atoms in total. The van der Waals surface area contributed by atoms with E-state index in [1.54, 1.807) is 6.92 Å². The summed E-state index contributed by atoms with van der Waals surface area (Å²) in [5.41, 5.74) is 5.21. The summed E-state index contributed by atoms with van der Waals surface area (Å²) in [5.74, 6) is -0.175. The lowest BCUT2D eigenvalue weighted by molar-refractivity contribution is -0.119. The summed E-state index contributed by atoms with van der Waals surface area (Å²) in [4.78, 5) is 12.3. The van der Waals surface area contributed by atoms with Crippen LogP contribution in [0, 0.1) is 6.92 Å². The Balaban J connectivity index is 2.16. The lowest BCUT2D eigenvalue weighted by atomic mass is 10.1. The van der Waals surface area contributed by atoms with Crippen LogP contribution in [0.5, 0.6) is 5.75 Å². The van der Waals surface area contributed by atoms with Gasteiger partial charge in [-0.05, 0) is 37.6 Å². The minimum absolute atomic E-state index is 0.238. The van der Waals surface area contributed by atoms with Crippen LogP contribution in [0.1, 0.15) is 18.1 Å². The quantitative estimate of drug-likeness (QED) is 0.547. The molecule has 0 heterocycles. The highest BCUT2D eigenvalue weighted by Gasteiger charge is 2.21. The first-order valence-electron chi connectivity index (χ1n) is 8.33. The first-order chi connectivity index (χ1) is 13.1. The van der Waals surface area contributed by atoms with Crippen LogP contribution < -0.4 is 14.5 Å². The van der Waals surface area contributed by atoms with Crippen molar-refractivity contribution in [3.8, 4) is 5.75 Å². The summed E-state index contributed by atoms with van der Waals surface area (Å²) < 4.78 is 30.3. The van der Waals surface area contributed by atoms with E-state index in [1.807, 2.05) is 31.2 Å². The number of ether oxygens (including phenoxy) is 1. The summed E-state index contributed by atoms with van der Waals surface area (Å²) >= 11 is 6.07. The lowest BCUT2D eigenvalue weighted by Crippen LogP contribution is -2.39. The molecular formula is C19H22ClN3O4S. The van der Waals surface area contributed by atoms with Gasteiger partial charge in [-0.2, -0.15) is 5.10 Å². The standard InChI is InChI=1S/C19H22ClN3O4S/c1-13-5-7-15(8-6-13)14(2)21-22-19(24)12-23(28(4,25)26)16-9-10-18(27-3)17(20)11-16/h5-11H,12H2,1-4H3,(H,22,24)/b21-14-. The van der Waals surface area contributed by atoms with Gasteiger partial charge < -0.3 is 4.74 Å². The van der Waals surface area contributed by atoms with Crippen molar-refractivity contribution in [1.29, 1.82) is 0 Å². The Kier molecular flexibility index (Phi) is 7.04. The van der Waals surface area contributed by atoms with E-state index in [0.717, 1.165) is 21.7 Å². The van der Waals surface area contributed by atoms with Gasteiger partial charge in [0.1, 0.15) is 12.3 Å². The Labute approximate surface area is 170 Å². The topological polar surface area (TPSA) is 88.1 Å².